The molecule has 2 nitrogen and oxygen atoms in total. The van der Waals surface area contributed by atoms with Crippen LogP contribution in [0.3, 0.4) is 0 Å². The Morgan fingerprint density at radius 1 is 1.46 bits per heavy atom. The van der Waals surface area contributed by atoms with Crippen molar-refractivity contribution in [3.05, 3.63) is 27.7 Å². The van der Waals surface area contributed by atoms with Crippen LogP contribution in [0.2, 0.25) is 0 Å². The first-order valence-corrected chi connectivity index (χ1v) is 4.87. The summed E-state index contributed by atoms with van der Waals surface area (Å²) in [5.41, 5.74) is 1.90. The lowest BCUT2D eigenvalue weighted by atomic mass is 10.1. The minimum atomic E-state index is -0.508. The Morgan fingerprint density at radius 3 is 2.54 bits per heavy atom. The zero-order valence-corrected chi connectivity index (χ0v) is 9.55. The van der Waals surface area contributed by atoms with E-state index < -0.39 is 6.10 Å². The number of rotatable bonds is 2. The molecule has 13 heavy (non-hydrogen) atoms. The molecule has 0 saturated carbocycles. The molecule has 0 amide bonds. The Balaban J connectivity index is 3.25. The number of halogens is 1. The summed E-state index contributed by atoms with van der Waals surface area (Å²) in [5, 5.41) is 9.45. The molecule has 1 unspecified atom stereocenters. The van der Waals surface area contributed by atoms with Crippen LogP contribution in [-0.2, 0) is 0 Å². The molecule has 1 aromatic rings. The Morgan fingerprint density at radius 2 is 2.08 bits per heavy atom. The largest absolute Gasteiger partial charge is 0.496 e. The van der Waals surface area contributed by atoms with Crippen LogP contribution in [-0.4, -0.2) is 12.2 Å². The normalized spacial score (nSPS) is 12.7. The fourth-order valence-electron chi connectivity index (χ4n) is 1.17. The smallest absolute Gasteiger partial charge is 0.124 e. The topological polar surface area (TPSA) is 29.5 Å². The van der Waals surface area contributed by atoms with Crippen LogP contribution in [0, 0.1) is 6.92 Å². The molecule has 0 spiro atoms. The van der Waals surface area contributed by atoms with Gasteiger partial charge in [0, 0.05) is 10.0 Å². The van der Waals surface area contributed by atoms with E-state index in [1.165, 1.54) is 0 Å². The van der Waals surface area contributed by atoms with Crippen molar-refractivity contribution in [1.29, 1.82) is 0 Å². The van der Waals surface area contributed by atoms with E-state index in [0.717, 1.165) is 21.3 Å². The van der Waals surface area contributed by atoms with E-state index >= 15 is 0 Å². The lowest BCUT2D eigenvalue weighted by molar-refractivity contribution is 0.194. The first-order chi connectivity index (χ1) is 6.06. The van der Waals surface area contributed by atoms with Gasteiger partial charge in [0.1, 0.15) is 5.75 Å². The molecule has 0 fully saturated rings. The number of methoxy groups -OCH3 is 1. The van der Waals surface area contributed by atoms with Gasteiger partial charge in [-0.15, -0.1) is 0 Å². The molecule has 1 N–H and O–H groups in total. The van der Waals surface area contributed by atoms with Gasteiger partial charge < -0.3 is 9.84 Å². The van der Waals surface area contributed by atoms with Crippen molar-refractivity contribution in [2.24, 2.45) is 0 Å². The SMILES string of the molecule is COc1cc(C)c(Br)cc1C(C)O. The number of aliphatic hydroxyl groups excluding tert-OH is 1. The van der Waals surface area contributed by atoms with Crippen molar-refractivity contribution >= 4 is 15.9 Å². The maximum absolute atomic E-state index is 9.45. The van der Waals surface area contributed by atoms with Crippen LogP contribution in [0.5, 0.6) is 5.75 Å². The van der Waals surface area contributed by atoms with Crippen molar-refractivity contribution in [3.8, 4) is 5.75 Å². The fourth-order valence-corrected chi connectivity index (χ4v) is 1.53. The van der Waals surface area contributed by atoms with Gasteiger partial charge in [0.15, 0.2) is 0 Å². The molecule has 1 rings (SSSR count). The second kappa shape index (κ2) is 4.11. The van der Waals surface area contributed by atoms with Crippen molar-refractivity contribution in [3.63, 3.8) is 0 Å². The zero-order valence-electron chi connectivity index (χ0n) is 7.97. The first-order valence-electron chi connectivity index (χ1n) is 4.08. The highest BCUT2D eigenvalue weighted by Gasteiger charge is 2.10. The lowest BCUT2D eigenvalue weighted by Gasteiger charge is -2.12. The monoisotopic (exact) mass is 244 g/mol. The molecule has 0 saturated heterocycles. The van der Waals surface area contributed by atoms with Crippen LogP contribution in [0.1, 0.15) is 24.2 Å². The van der Waals surface area contributed by atoms with E-state index in [-0.39, 0.29) is 0 Å². The van der Waals surface area contributed by atoms with Gasteiger partial charge in [-0.05, 0) is 31.5 Å². The second-order valence-corrected chi connectivity index (χ2v) is 3.87. The second-order valence-electron chi connectivity index (χ2n) is 3.02. The molecular weight excluding hydrogens is 232 g/mol. The highest BCUT2D eigenvalue weighted by molar-refractivity contribution is 9.10. The van der Waals surface area contributed by atoms with Crippen molar-refractivity contribution in [1.82, 2.24) is 0 Å². The number of hydrogen-bond donors (Lipinski definition) is 1. The summed E-state index contributed by atoms with van der Waals surface area (Å²) in [4.78, 5) is 0. The average molecular weight is 245 g/mol. The maximum Gasteiger partial charge on any atom is 0.124 e. The van der Waals surface area contributed by atoms with Gasteiger partial charge in [-0.1, -0.05) is 15.9 Å². The van der Waals surface area contributed by atoms with Crippen molar-refractivity contribution in [2.75, 3.05) is 7.11 Å². The van der Waals surface area contributed by atoms with Crippen LogP contribution in [0.25, 0.3) is 0 Å². The third-order valence-corrected chi connectivity index (χ3v) is 2.82. The van der Waals surface area contributed by atoms with Crippen LogP contribution in [0.4, 0.5) is 0 Å². The number of hydrogen-bond acceptors (Lipinski definition) is 2. The van der Waals surface area contributed by atoms with E-state index in [0.29, 0.717) is 0 Å². The summed E-state index contributed by atoms with van der Waals surface area (Å²) in [6.45, 7) is 3.71. The van der Waals surface area contributed by atoms with Crippen LogP contribution >= 0.6 is 15.9 Å². The Labute approximate surface area is 86.7 Å². The quantitative estimate of drug-likeness (QED) is 0.868. The molecule has 0 aliphatic rings. The number of aliphatic hydroxyl groups is 1. The van der Waals surface area contributed by atoms with E-state index in [1.807, 2.05) is 19.1 Å². The van der Waals surface area contributed by atoms with E-state index in [1.54, 1.807) is 14.0 Å². The average Bonchev–Trinajstić information content (AvgIpc) is 2.08. The molecule has 72 valence electrons. The molecule has 0 aliphatic heterocycles. The molecule has 0 radical (unpaired) electrons. The Bertz CT molecular complexity index is 308. The van der Waals surface area contributed by atoms with Gasteiger partial charge >= 0.3 is 0 Å². The molecular formula is C10H13BrO2. The molecule has 1 aromatic carbocycles. The summed E-state index contributed by atoms with van der Waals surface area (Å²) in [6, 6.07) is 3.80. The maximum atomic E-state index is 9.45. The van der Waals surface area contributed by atoms with Crippen LogP contribution < -0.4 is 4.74 Å². The van der Waals surface area contributed by atoms with Gasteiger partial charge in [-0.25, -0.2) is 0 Å². The van der Waals surface area contributed by atoms with Gasteiger partial charge in [0.2, 0.25) is 0 Å². The van der Waals surface area contributed by atoms with Crippen molar-refractivity contribution < 1.29 is 9.84 Å². The molecule has 0 aliphatic carbocycles. The zero-order chi connectivity index (χ0) is 10.0. The van der Waals surface area contributed by atoms with E-state index in [2.05, 4.69) is 15.9 Å². The predicted octanol–water partition coefficient (Wildman–Crippen LogP) is 2.82. The third-order valence-electron chi connectivity index (χ3n) is 1.96. The summed E-state index contributed by atoms with van der Waals surface area (Å²) in [7, 11) is 1.61. The Hall–Kier alpha value is -0.540. The summed E-state index contributed by atoms with van der Waals surface area (Å²) < 4.78 is 6.15. The van der Waals surface area contributed by atoms with Crippen molar-refractivity contribution in [2.45, 2.75) is 20.0 Å². The number of benzene rings is 1. The van der Waals surface area contributed by atoms with Gasteiger partial charge in [0.25, 0.3) is 0 Å². The van der Waals surface area contributed by atoms with Gasteiger partial charge in [0.05, 0.1) is 13.2 Å². The van der Waals surface area contributed by atoms with Gasteiger partial charge in [-0.3, -0.25) is 0 Å². The summed E-state index contributed by atoms with van der Waals surface area (Å²) >= 11 is 3.41. The molecule has 1 atom stereocenters. The third kappa shape index (κ3) is 2.23. The number of ether oxygens (including phenoxy) is 1. The first kappa shape index (κ1) is 10.5. The molecule has 3 heteroatoms. The summed E-state index contributed by atoms with van der Waals surface area (Å²) in [6.07, 6.45) is -0.508. The molecule has 0 aromatic heterocycles. The molecule has 0 bridgehead atoms. The van der Waals surface area contributed by atoms with E-state index in [4.69, 9.17) is 4.74 Å². The molecule has 0 heterocycles. The Kier molecular flexibility index (Phi) is 3.33. The minimum absolute atomic E-state index is 0.508. The standard InChI is InChI=1S/C10H13BrO2/c1-6-4-10(13-3)8(7(2)12)5-9(6)11/h4-5,7,12H,1-3H3. The predicted molar refractivity (Wildman–Crippen MR) is 56.1 cm³/mol. The highest BCUT2D eigenvalue weighted by atomic mass is 79.9. The minimum Gasteiger partial charge on any atom is -0.496 e. The highest BCUT2D eigenvalue weighted by Crippen LogP contribution is 2.30. The number of aryl methyl sites for hydroxylation is 1. The van der Waals surface area contributed by atoms with E-state index in [9.17, 15) is 5.11 Å². The van der Waals surface area contributed by atoms with Crippen LogP contribution in [0.15, 0.2) is 16.6 Å². The fraction of sp³-hybridized carbons (Fsp3) is 0.400. The summed E-state index contributed by atoms with van der Waals surface area (Å²) in [5.74, 6) is 0.732. The van der Waals surface area contributed by atoms with Gasteiger partial charge in [-0.2, -0.15) is 0 Å². The lowest BCUT2D eigenvalue weighted by Crippen LogP contribution is -1.97.